The lowest BCUT2D eigenvalue weighted by Gasteiger charge is -2.30. The quantitative estimate of drug-likeness (QED) is 0.698. The molecule has 0 spiro atoms. The van der Waals surface area contributed by atoms with Crippen LogP contribution in [0.1, 0.15) is 31.4 Å². The van der Waals surface area contributed by atoms with Gasteiger partial charge in [0, 0.05) is 11.5 Å². The highest BCUT2D eigenvalue weighted by atomic mass is 19.4. The number of fused-ring (bicyclic) bond motifs is 2. The van der Waals surface area contributed by atoms with Gasteiger partial charge in [0.05, 0.1) is 41.4 Å². The molecule has 2 aromatic heterocycles. The summed E-state index contributed by atoms with van der Waals surface area (Å²) in [4.78, 5) is 8.85. The first-order chi connectivity index (χ1) is 13.5. The number of hydrogen-bond acceptors (Lipinski definition) is 5. The SMILES string of the molecule is Cc1cc(C(F)(F)F)cc(O)c1-c1cnc2cn(C34CC3COC4(C)C)nc2n1. The van der Waals surface area contributed by atoms with Crippen molar-refractivity contribution in [2.24, 2.45) is 5.92 Å². The lowest BCUT2D eigenvalue weighted by atomic mass is 9.96. The van der Waals surface area contributed by atoms with Gasteiger partial charge >= 0.3 is 6.18 Å². The molecule has 1 N–H and O–H groups in total. The number of alkyl halides is 3. The van der Waals surface area contributed by atoms with Crippen molar-refractivity contribution in [3.8, 4) is 17.0 Å². The number of rotatable bonds is 2. The first-order valence-electron chi connectivity index (χ1n) is 9.31. The zero-order valence-electron chi connectivity index (χ0n) is 16.1. The Kier molecular flexibility index (Phi) is 3.46. The summed E-state index contributed by atoms with van der Waals surface area (Å²) in [6.07, 6.45) is -0.283. The highest BCUT2D eigenvalue weighted by Gasteiger charge is 2.70. The minimum absolute atomic E-state index is 0.217. The van der Waals surface area contributed by atoms with E-state index in [-0.39, 0.29) is 28.0 Å². The van der Waals surface area contributed by atoms with E-state index in [1.807, 2.05) is 24.7 Å². The summed E-state index contributed by atoms with van der Waals surface area (Å²) in [7, 11) is 0. The maximum absolute atomic E-state index is 13.0. The number of ether oxygens (including phenoxy) is 1. The number of phenols is 1. The Morgan fingerprint density at radius 1 is 1.28 bits per heavy atom. The fourth-order valence-corrected chi connectivity index (χ4v) is 4.63. The minimum Gasteiger partial charge on any atom is -0.507 e. The molecular weight excluding hydrogens is 385 g/mol. The fourth-order valence-electron chi connectivity index (χ4n) is 4.63. The predicted octanol–water partition coefficient (Wildman–Crippen LogP) is 4.05. The van der Waals surface area contributed by atoms with Gasteiger partial charge in [-0.3, -0.25) is 4.68 Å². The van der Waals surface area contributed by atoms with Gasteiger partial charge in [-0.2, -0.15) is 13.2 Å². The van der Waals surface area contributed by atoms with E-state index < -0.39 is 17.5 Å². The topological polar surface area (TPSA) is 73.1 Å². The van der Waals surface area contributed by atoms with Gasteiger partial charge in [-0.05, 0) is 44.9 Å². The normalized spacial score (nSPS) is 25.4. The van der Waals surface area contributed by atoms with Crippen molar-refractivity contribution >= 4 is 11.2 Å². The Hall–Kier alpha value is -2.68. The summed E-state index contributed by atoms with van der Waals surface area (Å²) in [5.41, 5.74) is 0.234. The van der Waals surface area contributed by atoms with Gasteiger partial charge in [0.15, 0.2) is 5.65 Å². The number of hydrogen-bond donors (Lipinski definition) is 1. The van der Waals surface area contributed by atoms with Crippen molar-refractivity contribution in [2.45, 2.75) is 44.5 Å². The number of aromatic nitrogens is 4. The first-order valence-corrected chi connectivity index (χ1v) is 9.31. The van der Waals surface area contributed by atoms with Gasteiger partial charge in [-0.15, -0.1) is 5.10 Å². The van der Waals surface area contributed by atoms with Crippen LogP contribution in [0, 0.1) is 12.8 Å². The highest BCUT2D eigenvalue weighted by Crippen LogP contribution is 2.63. The molecule has 0 bridgehead atoms. The van der Waals surface area contributed by atoms with Crippen molar-refractivity contribution in [2.75, 3.05) is 6.61 Å². The summed E-state index contributed by atoms with van der Waals surface area (Å²) in [5.74, 6) is -0.0935. The van der Waals surface area contributed by atoms with E-state index in [0.717, 1.165) is 12.5 Å². The molecule has 1 aromatic carbocycles. The molecule has 29 heavy (non-hydrogen) atoms. The molecule has 3 heterocycles. The van der Waals surface area contributed by atoms with Crippen LogP contribution < -0.4 is 0 Å². The Labute approximate surface area is 164 Å². The van der Waals surface area contributed by atoms with Crippen LogP contribution >= 0.6 is 0 Å². The average Bonchev–Trinajstić information content (AvgIpc) is 3.13. The molecule has 9 heteroatoms. The van der Waals surface area contributed by atoms with E-state index in [4.69, 9.17) is 4.74 Å². The molecule has 0 radical (unpaired) electrons. The molecular formula is C20H19F3N4O2. The number of benzene rings is 1. The third-order valence-corrected chi connectivity index (χ3v) is 6.30. The number of phenolic OH excluding ortho intramolecular Hbond substituents is 1. The van der Waals surface area contributed by atoms with Crippen LogP contribution in [0.15, 0.2) is 24.5 Å². The summed E-state index contributed by atoms with van der Waals surface area (Å²) < 4.78 is 46.7. The van der Waals surface area contributed by atoms with Crippen LogP contribution in [-0.2, 0) is 16.5 Å². The van der Waals surface area contributed by atoms with E-state index in [1.54, 1.807) is 0 Å². The van der Waals surface area contributed by atoms with Crippen LogP contribution in [0.5, 0.6) is 5.75 Å². The molecule has 3 aromatic rings. The van der Waals surface area contributed by atoms with Crippen LogP contribution in [0.4, 0.5) is 13.2 Å². The number of halogens is 3. The monoisotopic (exact) mass is 404 g/mol. The third kappa shape index (κ3) is 2.49. The maximum atomic E-state index is 13.0. The molecule has 2 fully saturated rings. The van der Waals surface area contributed by atoms with Gasteiger partial charge in [0.25, 0.3) is 0 Å². The second-order valence-electron chi connectivity index (χ2n) is 8.37. The van der Waals surface area contributed by atoms with Crippen molar-refractivity contribution in [3.63, 3.8) is 0 Å². The van der Waals surface area contributed by atoms with Crippen molar-refractivity contribution in [1.82, 2.24) is 19.7 Å². The van der Waals surface area contributed by atoms with Crippen LogP contribution in [0.3, 0.4) is 0 Å². The van der Waals surface area contributed by atoms with Crippen molar-refractivity contribution in [1.29, 1.82) is 0 Å². The van der Waals surface area contributed by atoms with Gasteiger partial charge in [-0.1, -0.05) is 0 Å². The zero-order valence-corrected chi connectivity index (χ0v) is 16.1. The highest BCUT2D eigenvalue weighted by molar-refractivity contribution is 5.77. The molecule has 1 aliphatic carbocycles. The molecule has 1 saturated carbocycles. The molecule has 152 valence electrons. The van der Waals surface area contributed by atoms with Crippen LogP contribution in [0.2, 0.25) is 0 Å². The molecule has 2 unspecified atom stereocenters. The standard InChI is InChI=1S/C20H19F3N4O2/c1-10-4-11(20(21,22)23)5-15(28)16(10)13-7-24-14-8-27(26-17(14)25-13)19-6-12(19)9-29-18(19,2)3/h4-5,7-8,12,28H,6,9H2,1-3H3. The Morgan fingerprint density at radius 3 is 2.62 bits per heavy atom. The third-order valence-electron chi connectivity index (χ3n) is 6.30. The summed E-state index contributed by atoms with van der Waals surface area (Å²) >= 11 is 0. The van der Waals surface area contributed by atoms with E-state index in [2.05, 4.69) is 15.1 Å². The largest absolute Gasteiger partial charge is 0.507 e. The molecule has 6 nitrogen and oxygen atoms in total. The van der Waals surface area contributed by atoms with E-state index in [0.29, 0.717) is 29.8 Å². The summed E-state index contributed by atoms with van der Waals surface area (Å²) in [6.45, 7) is 6.28. The van der Waals surface area contributed by atoms with Gasteiger partial charge in [0.2, 0.25) is 0 Å². The average molecular weight is 404 g/mol. The Bertz CT molecular complexity index is 1130. The second kappa shape index (κ2) is 5.47. The number of nitrogens with zero attached hydrogens (tertiary/aromatic N) is 4. The van der Waals surface area contributed by atoms with Gasteiger partial charge in [0.1, 0.15) is 11.3 Å². The van der Waals surface area contributed by atoms with E-state index in [9.17, 15) is 18.3 Å². The van der Waals surface area contributed by atoms with Gasteiger partial charge in [-0.25, -0.2) is 9.97 Å². The lowest BCUT2D eigenvalue weighted by Crippen LogP contribution is -2.40. The minimum atomic E-state index is -4.54. The number of aromatic hydroxyl groups is 1. The predicted molar refractivity (Wildman–Crippen MR) is 98.3 cm³/mol. The lowest BCUT2D eigenvalue weighted by molar-refractivity contribution is -0.137. The van der Waals surface area contributed by atoms with Gasteiger partial charge < -0.3 is 9.84 Å². The zero-order chi connectivity index (χ0) is 20.8. The summed E-state index contributed by atoms with van der Waals surface area (Å²) in [6, 6.07) is 1.70. The maximum Gasteiger partial charge on any atom is 0.416 e. The molecule has 0 amide bonds. The molecule has 1 saturated heterocycles. The second-order valence-corrected chi connectivity index (χ2v) is 8.37. The van der Waals surface area contributed by atoms with Crippen LogP contribution in [-0.4, -0.2) is 37.1 Å². The fraction of sp³-hybridized carbons (Fsp3) is 0.450. The molecule has 2 atom stereocenters. The summed E-state index contributed by atoms with van der Waals surface area (Å²) in [5, 5.41) is 14.9. The smallest absolute Gasteiger partial charge is 0.416 e. The Balaban J connectivity index is 1.59. The van der Waals surface area contributed by atoms with E-state index >= 15 is 0 Å². The van der Waals surface area contributed by atoms with E-state index in [1.165, 1.54) is 13.1 Å². The molecule has 5 rings (SSSR count). The van der Waals surface area contributed by atoms with Crippen molar-refractivity contribution < 1.29 is 23.0 Å². The molecule has 2 aliphatic rings. The number of aryl methyl sites for hydroxylation is 1. The van der Waals surface area contributed by atoms with Crippen LogP contribution in [0.25, 0.3) is 22.4 Å². The molecule has 1 aliphatic heterocycles. The Morgan fingerprint density at radius 2 is 2.03 bits per heavy atom. The first kappa shape index (κ1) is 18.4. The van der Waals surface area contributed by atoms with Crippen molar-refractivity contribution in [3.05, 3.63) is 35.7 Å².